The van der Waals surface area contributed by atoms with Crippen LogP contribution in [0, 0.1) is 0 Å². The van der Waals surface area contributed by atoms with Crippen LogP contribution in [0.1, 0.15) is 11.1 Å². The minimum Gasteiger partial charge on any atom is -0.245 e. The fraction of sp³-hybridized carbons (Fsp3) is 0. The van der Waals surface area contributed by atoms with Crippen LogP contribution in [0.25, 0.3) is 6.08 Å². The first-order chi connectivity index (χ1) is 5.38. The Kier molecular flexibility index (Phi) is 1.47. The zero-order chi connectivity index (χ0) is 7.68. The second kappa shape index (κ2) is 2.47. The van der Waals surface area contributed by atoms with Gasteiger partial charge in [-0.15, -0.1) is 0 Å². The smallest absolute Gasteiger partial charge is 0.133 e. The summed E-state index contributed by atoms with van der Waals surface area (Å²) in [7, 11) is 0. The van der Waals surface area contributed by atoms with Gasteiger partial charge in [-0.3, -0.25) is 0 Å². The molecular formula is C9H6NS. The van der Waals surface area contributed by atoms with Crippen LogP contribution in [-0.2, 0) is 0 Å². The van der Waals surface area contributed by atoms with Gasteiger partial charge in [0.1, 0.15) is 4.99 Å². The van der Waals surface area contributed by atoms with Crippen molar-refractivity contribution >= 4 is 23.3 Å². The summed E-state index contributed by atoms with van der Waals surface area (Å²) < 4.78 is 0. The van der Waals surface area contributed by atoms with Gasteiger partial charge < -0.3 is 0 Å². The molecule has 11 heavy (non-hydrogen) atoms. The molecule has 1 aliphatic heterocycles. The van der Waals surface area contributed by atoms with E-state index in [0.717, 1.165) is 11.1 Å². The van der Waals surface area contributed by atoms with Crippen LogP contribution in [0.15, 0.2) is 30.5 Å². The molecule has 2 rings (SSSR count). The van der Waals surface area contributed by atoms with Crippen molar-refractivity contribution in [1.82, 2.24) is 5.32 Å². The molecular weight excluding hydrogens is 154 g/mol. The standard InChI is InChI=1S/C9H6NS/c11-9-8-4-2-1-3-7(8)5-6-10-9/h1-6H. The van der Waals surface area contributed by atoms with Gasteiger partial charge in [-0.1, -0.05) is 36.5 Å². The summed E-state index contributed by atoms with van der Waals surface area (Å²) in [6.07, 6.45) is 3.70. The van der Waals surface area contributed by atoms with Gasteiger partial charge in [0.05, 0.1) is 0 Å². The van der Waals surface area contributed by atoms with Crippen molar-refractivity contribution in [3.05, 3.63) is 41.6 Å². The van der Waals surface area contributed by atoms with E-state index in [1.807, 2.05) is 30.3 Å². The Hall–Kier alpha value is -1.15. The van der Waals surface area contributed by atoms with Crippen molar-refractivity contribution in [2.24, 2.45) is 0 Å². The molecule has 0 fully saturated rings. The van der Waals surface area contributed by atoms with Crippen molar-refractivity contribution in [2.45, 2.75) is 0 Å². The normalized spacial score (nSPS) is 14.0. The highest BCUT2D eigenvalue weighted by atomic mass is 32.1. The van der Waals surface area contributed by atoms with E-state index in [4.69, 9.17) is 12.2 Å². The third-order valence-corrected chi connectivity index (χ3v) is 1.96. The van der Waals surface area contributed by atoms with Gasteiger partial charge in [-0.25, -0.2) is 5.32 Å². The lowest BCUT2D eigenvalue weighted by Crippen LogP contribution is -2.13. The first-order valence-corrected chi connectivity index (χ1v) is 3.79. The Morgan fingerprint density at radius 2 is 2.00 bits per heavy atom. The fourth-order valence-electron chi connectivity index (χ4n) is 1.09. The molecule has 1 aromatic carbocycles. The van der Waals surface area contributed by atoms with Gasteiger partial charge in [0, 0.05) is 11.8 Å². The highest BCUT2D eigenvalue weighted by molar-refractivity contribution is 7.80. The molecule has 0 aliphatic carbocycles. The Bertz CT molecular complexity index is 328. The number of thiocarbonyl (C=S) groups is 1. The van der Waals surface area contributed by atoms with Crippen LogP contribution in [0.2, 0.25) is 0 Å². The van der Waals surface area contributed by atoms with Gasteiger partial charge in [0.25, 0.3) is 0 Å². The molecule has 0 N–H and O–H groups in total. The van der Waals surface area contributed by atoms with Gasteiger partial charge in [-0.2, -0.15) is 0 Å². The monoisotopic (exact) mass is 160 g/mol. The summed E-state index contributed by atoms with van der Waals surface area (Å²) >= 11 is 5.04. The first kappa shape index (κ1) is 6.55. The molecule has 0 atom stereocenters. The number of benzene rings is 1. The predicted octanol–water partition coefficient (Wildman–Crippen LogP) is 1.95. The van der Waals surface area contributed by atoms with Gasteiger partial charge >= 0.3 is 0 Å². The Morgan fingerprint density at radius 3 is 2.82 bits per heavy atom. The average molecular weight is 160 g/mol. The quantitative estimate of drug-likeness (QED) is 0.529. The second-order valence-corrected chi connectivity index (χ2v) is 2.72. The maximum atomic E-state index is 5.04. The lowest BCUT2D eigenvalue weighted by Gasteiger charge is -2.09. The second-order valence-electron chi connectivity index (χ2n) is 2.34. The van der Waals surface area contributed by atoms with Crippen molar-refractivity contribution in [1.29, 1.82) is 0 Å². The van der Waals surface area contributed by atoms with E-state index in [0.29, 0.717) is 4.99 Å². The highest BCUT2D eigenvalue weighted by Crippen LogP contribution is 2.14. The molecule has 0 aromatic heterocycles. The topological polar surface area (TPSA) is 14.1 Å². The fourth-order valence-corrected chi connectivity index (χ4v) is 1.34. The van der Waals surface area contributed by atoms with Crippen LogP contribution >= 0.6 is 12.2 Å². The molecule has 1 nitrogen and oxygen atoms in total. The van der Waals surface area contributed by atoms with Gasteiger partial charge in [0.2, 0.25) is 0 Å². The number of hydrogen-bond donors (Lipinski definition) is 0. The van der Waals surface area contributed by atoms with Crippen LogP contribution < -0.4 is 5.32 Å². The number of rotatable bonds is 0. The molecule has 0 saturated carbocycles. The van der Waals surface area contributed by atoms with E-state index in [1.54, 1.807) is 6.20 Å². The molecule has 2 heteroatoms. The molecule has 0 saturated heterocycles. The maximum Gasteiger partial charge on any atom is 0.133 e. The lowest BCUT2D eigenvalue weighted by atomic mass is 10.1. The first-order valence-electron chi connectivity index (χ1n) is 3.39. The Labute approximate surface area is 70.7 Å². The number of hydrogen-bond acceptors (Lipinski definition) is 1. The molecule has 1 radical (unpaired) electrons. The third-order valence-electron chi connectivity index (χ3n) is 1.64. The minimum absolute atomic E-state index is 0.683. The van der Waals surface area contributed by atoms with Crippen molar-refractivity contribution in [3.8, 4) is 0 Å². The summed E-state index contributed by atoms with van der Waals surface area (Å²) in [5, 5.41) is 4.02. The van der Waals surface area contributed by atoms with E-state index in [9.17, 15) is 0 Å². The van der Waals surface area contributed by atoms with E-state index >= 15 is 0 Å². The van der Waals surface area contributed by atoms with Crippen LogP contribution in [-0.4, -0.2) is 4.99 Å². The summed E-state index contributed by atoms with van der Waals surface area (Å²) in [6, 6.07) is 7.99. The Morgan fingerprint density at radius 1 is 1.18 bits per heavy atom. The molecule has 53 valence electrons. The lowest BCUT2D eigenvalue weighted by molar-refractivity contribution is 1.27. The van der Waals surface area contributed by atoms with Crippen LogP contribution in [0.3, 0.4) is 0 Å². The molecule has 1 aliphatic rings. The van der Waals surface area contributed by atoms with Crippen LogP contribution in [0.4, 0.5) is 0 Å². The minimum atomic E-state index is 0.683. The number of fused-ring (bicyclic) bond motifs is 1. The van der Waals surface area contributed by atoms with Gasteiger partial charge in [0.15, 0.2) is 0 Å². The summed E-state index contributed by atoms with van der Waals surface area (Å²) in [4.78, 5) is 0.683. The summed E-state index contributed by atoms with van der Waals surface area (Å²) in [6.45, 7) is 0. The molecule has 1 aromatic rings. The Balaban J connectivity index is 2.63. The molecule has 0 unspecified atom stereocenters. The third kappa shape index (κ3) is 1.05. The largest absolute Gasteiger partial charge is 0.245 e. The van der Waals surface area contributed by atoms with E-state index < -0.39 is 0 Å². The zero-order valence-electron chi connectivity index (χ0n) is 5.82. The van der Waals surface area contributed by atoms with Crippen LogP contribution in [0.5, 0.6) is 0 Å². The predicted molar refractivity (Wildman–Crippen MR) is 49.3 cm³/mol. The maximum absolute atomic E-state index is 5.04. The molecule has 0 spiro atoms. The number of nitrogens with zero attached hydrogens (tertiary/aromatic N) is 1. The summed E-state index contributed by atoms with van der Waals surface area (Å²) in [5.74, 6) is 0. The molecule has 0 amide bonds. The van der Waals surface area contributed by atoms with Crippen molar-refractivity contribution in [3.63, 3.8) is 0 Å². The highest BCUT2D eigenvalue weighted by Gasteiger charge is 2.07. The van der Waals surface area contributed by atoms with Crippen molar-refractivity contribution in [2.75, 3.05) is 0 Å². The van der Waals surface area contributed by atoms with E-state index in [2.05, 4.69) is 5.32 Å². The van der Waals surface area contributed by atoms with E-state index in [-0.39, 0.29) is 0 Å². The van der Waals surface area contributed by atoms with Crippen molar-refractivity contribution < 1.29 is 0 Å². The van der Waals surface area contributed by atoms with Gasteiger partial charge in [-0.05, 0) is 11.6 Å². The SMILES string of the molecule is S=C1[N]C=Cc2ccccc21. The molecule has 1 heterocycles. The average Bonchev–Trinajstić information content (AvgIpc) is 2.06. The molecule has 0 bridgehead atoms. The zero-order valence-corrected chi connectivity index (χ0v) is 6.64. The summed E-state index contributed by atoms with van der Waals surface area (Å²) in [5.41, 5.74) is 2.22. The van der Waals surface area contributed by atoms with E-state index in [1.165, 1.54) is 0 Å².